The van der Waals surface area contributed by atoms with Gasteiger partial charge in [0.05, 0.1) is 17.7 Å². The predicted molar refractivity (Wildman–Crippen MR) is 123 cm³/mol. The van der Waals surface area contributed by atoms with Crippen LogP contribution in [0.15, 0.2) is 83.8 Å². The van der Waals surface area contributed by atoms with Gasteiger partial charge < -0.3 is 10.1 Å². The van der Waals surface area contributed by atoms with Gasteiger partial charge in [-0.2, -0.15) is 0 Å². The number of carbonyl (C=O) groups is 1. The van der Waals surface area contributed by atoms with Crippen LogP contribution < -0.4 is 14.8 Å². The van der Waals surface area contributed by atoms with Crippen LogP contribution in [-0.4, -0.2) is 21.4 Å². The van der Waals surface area contributed by atoms with Gasteiger partial charge in [-0.25, -0.2) is 8.42 Å². The Kier molecular flexibility index (Phi) is 7.33. The summed E-state index contributed by atoms with van der Waals surface area (Å²) in [4.78, 5) is 12.1. The van der Waals surface area contributed by atoms with Gasteiger partial charge in [-0.1, -0.05) is 54.1 Å². The minimum Gasteiger partial charge on any atom is -0.495 e. The first-order valence-corrected chi connectivity index (χ1v) is 11.2. The lowest BCUT2D eigenvalue weighted by atomic mass is 10.2. The Bertz CT molecular complexity index is 1190. The van der Waals surface area contributed by atoms with Crippen molar-refractivity contribution in [1.82, 2.24) is 5.32 Å². The molecule has 0 atom stereocenters. The van der Waals surface area contributed by atoms with E-state index in [9.17, 15) is 13.2 Å². The first-order chi connectivity index (χ1) is 14.9. The lowest BCUT2D eigenvalue weighted by Crippen LogP contribution is -2.20. The molecule has 0 saturated carbocycles. The van der Waals surface area contributed by atoms with Crippen LogP contribution in [0.3, 0.4) is 0 Å². The fourth-order valence-corrected chi connectivity index (χ4v) is 4.02. The zero-order valence-electron chi connectivity index (χ0n) is 16.7. The molecule has 1 amide bonds. The summed E-state index contributed by atoms with van der Waals surface area (Å²) in [5.41, 5.74) is 1.86. The number of hydrogen-bond acceptors (Lipinski definition) is 4. The van der Waals surface area contributed by atoms with Crippen LogP contribution in [0.4, 0.5) is 5.69 Å². The number of rotatable bonds is 8. The summed E-state index contributed by atoms with van der Waals surface area (Å²) in [5, 5.41) is 3.34. The highest BCUT2D eigenvalue weighted by Gasteiger charge is 2.16. The van der Waals surface area contributed by atoms with Crippen molar-refractivity contribution in [3.63, 3.8) is 0 Å². The molecule has 6 nitrogen and oxygen atoms in total. The number of benzene rings is 3. The minimum atomic E-state index is -3.78. The maximum atomic E-state index is 12.6. The van der Waals surface area contributed by atoms with Gasteiger partial charge in [0.1, 0.15) is 5.75 Å². The summed E-state index contributed by atoms with van der Waals surface area (Å²) in [5.74, 6) is 0.142. The van der Waals surface area contributed by atoms with Crippen LogP contribution in [0.2, 0.25) is 5.02 Å². The van der Waals surface area contributed by atoms with Gasteiger partial charge in [0.25, 0.3) is 10.0 Å². The number of amides is 1. The average Bonchev–Trinajstić information content (AvgIpc) is 2.77. The Morgan fingerprint density at radius 2 is 1.68 bits per heavy atom. The van der Waals surface area contributed by atoms with E-state index in [0.29, 0.717) is 28.6 Å². The molecule has 8 heteroatoms. The van der Waals surface area contributed by atoms with Crippen LogP contribution >= 0.6 is 11.6 Å². The number of methoxy groups -OCH3 is 1. The van der Waals surface area contributed by atoms with Crippen molar-refractivity contribution in [2.75, 3.05) is 11.8 Å². The molecule has 0 heterocycles. The van der Waals surface area contributed by atoms with Gasteiger partial charge >= 0.3 is 0 Å². The van der Waals surface area contributed by atoms with E-state index in [4.69, 9.17) is 16.3 Å². The standard InChI is InChI=1S/C23H21ClN2O4S/c1-30-22-9-5-4-8-21(22)26-31(28,29)19-13-10-17(11-14-19)12-15-23(27)25-16-18-6-2-3-7-20(18)24/h2-15,26H,16H2,1H3,(H,25,27)/b15-12+. The molecule has 0 saturated heterocycles. The van der Waals surface area contributed by atoms with Gasteiger partial charge in [-0.3, -0.25) is 9.52 Å². The van der Waals surface area contributed by atoms with E-state index >= 15 is 0 Å². The minimum absolute atomic E-state index is 0.0960. The van der Waals surface area contributed by atoms with Crippen molar-refractivity contribution < 1.29 is 17.9 Å². The van der Waals surface area contributed by atoms with E-state index in [1.54, 1.807) is 48.5 Å². The van der Waals surface area contributed by atoms with E-state index in [1.165, 1.54) is 25.3 Å². The largest absolute Gasteiger partial charge is 0.495 e. The number of ether oxygens (including phenoxy) is 1. The summed E-state index contributed by atoms with van der Waals surface area (Å²) in [7, 11) is -2.31. The first kappa shape index (κ1) is 22.4. The van der Waals surface area contributed by atoms with Crippen LogP contribution in [0.1, 0.15) is 11.1 Å². The monoisotopic (exact) mass is 456 g/mol. The molecule has 0 aromatic heterocycles. The maximum Gasteiger partial charge on any atom is 0.262 e. The molecule has 31 heavy (non-hydrogen) atoms. The molecule has 0 aliphatic rings. The molecule has 0 fully saturated rings. The third-order valence-electron chi connectivity index (χ3n) is 4.38. The van der Waals surface area contributed by atoms with Gasteiger partial charge in [0, 0.05) is 17.6 Å². The number of sulfonamides is 1. The molecule has 0 radical (unpaired) electrons. The van der Waals surface area contributed by atoms with Gasteiger partial charge in [-0.05, 0) is 47.5 Å². The smallest absolute Gasteiger partial charge is 0.262 e. The second kappa shape index (κ2) is 10.1. The van der Waals surface area contributed by atoms with Crippen molar-refractivity contribution in [2.45, 2.75) is 11.4 Å². The van der Waals surface area contributed by atoms with Gasteiger partial charge in [0.15, 0.2) is 0 Å². The molecule has 0 unspecified atom stereocenters. The van der Waals surface area contributed by atoms with E-state index in [1.807, 2.05) is 18.2 Å². The molecule has 2 N–H and O–H groups in total. The van der Waals surface area contributed by atoms with Crippen LogP contribution in [0.25, 0.3) is 6.08 Å². The van der Waals surface area contributed by atoms with Gasteiger partial charge in [-0.15, -0.1) is 0 Å². The number of nitrogens with one attached hydrogen (secondary N) is 2. The molecule has 3 aromatic carbocycles. The summed E-state index contributed by atoms with van der Waals surface area (Å²) < 4.78 is 33.0. The highest BCUT2D eigenvalue weighted by atomic mass is 35.5. The van der Waals surface area contributed by atoms with Crippen molar-refractivity contribution in [3.05, 3.63) is 95.0 Å². The van der Waals surface area contributed by atoms with Crippen LogP contribution in [-0.2, 0) is 21.4 Å². The quantitative estimate of drug-likeness (QED) is 0.489. The summed E-state index contributed by atoms with van der Waals surface area (Å²) in [6.45, 7) is 0.314. The maximum absolute atomic E-state index is 12.6. The Labute approximate surface area is 186 Å². The molecule has 3 rings (SSSR count). The zero-order valence-corrected chi connectivity index (χ0v) is 18.3. The fraction of sp³-hybridized carbons (Fsp3) is 0.0870. The first-order valence-electron chi connectivity index (χ1n) is 9.34. The molecular weight excluding hydrogens is 436 g/mol. The molecule has 0 aliphatic carbocycles. The lowest BCUT2D eigenvalue weighted by Gasteiger charge is -2.11. The van der Waals surface area contributed by atoms with E-state index in [-0.39, 0.29) is 10.8 Å². The average molecular weight is 457 g/mol. The third-order valence-corrected chi connectivity index (χ3v) is 6.13. The molecule has 0 bridgehead atoms. The number of carbonyl (C=O) groups excluding carboxylic acids is 1. The van der Waals surface area contributed by atoms with Crippen molar-refractivity contribution >= 4 is 39.3 Å². The Hall–Kier alpha value is -3.29. The van der Waals surface area contributed by atoms with Crippen molar-refractivity contribution in [1.29, 1.82) is 0 Å². The number of anilines is 1. The predicted octanol–water partition coefficient (Wildman–Crippen LogP) is 4.48. The number of para-hydroxylation sites is 2. The summed E-state index contributed by atoms with van der Waals surface area (Å²) in [6, 6.07) is 20.2. The SMILES string of the molecule is COc1ccccc1NS(=O)(=O)c1ccc(/C=C/C(=O)NCc2ccccc2Cl)cc1. The zero-order chi connectivity index (χ0) is 22.3. The van der Waals surface area contributed by atoms with Gasteiger partial charge in [0.2, 0.25) is 5.91 Å². The van der Waals surface area contributed by atoms with E-state index < -0.39 is 10.0 Å². The number of halogens is 1. The fourth-order valence-electron chi connectivity index (χ4n) is 2.75. The molecule has 3 aromatic rings. The van der Waals surface area contributed by atoms with Crippen LogP contribution in [0.5, 0.6) is 5.75 Å². The molecule has 0 aliphatic heterocycles. The second-order valence-electron chi connectivity index (χ2n) is 6.52. The normalized spacial score (nSPS) is 11.3. The van der Waals surface area contributed by atoms with Crippen LogP contribution in [0, 0.1) is 0 Å². The highest BCUT2D eigenvalue weighted by molar-refractivity contribution is 7.92. The van der Waals surface area contributed by atoms with E-state index in [2.05, 4.69) is 10.0 Å². The summed E-state index contributed by atoms with van der Waals surface area (Å²) >= 11 is 6.07. The number of hydrogen-bond donors (Lipinski definition) is 2. The topological polar surface area (TPSA) is 84.5 Å². The van der Waals surface area contributed by atoms with Crippen molar-refractivity contribution in [2.24, 2.45) is 0 Å². The summed E-state index contributed by atoms with van der Waals surface area (Å²) in [6.07, 6.45) is 2.99. The van der Waals surface area contributed by atoms with Crippen molar-refractivity contribution in [3.8, 4) is 5.75 Å². The Morgan fingerprint density at radius 3 is 2.39 bits per heavy atom. The third kappa shape index (κ3) is 6.10. The highest BCUT2D eigenvalue weighted by Crippen LogP contribution is 2.26. The second-order valence-corrected chi connectivity index (χ2v) is 8.61. The van der Waals surface area contributed by atoms with E-state index in [0.717, 1.165) is 5.56 Å². The molecule has 160 valence electrons. The molecular formula is C23H21ClN2O4S. The molecule has 0 spiro atoms. The lowest BCUT2D eigenvalue weighted by molar-refractivity contribution is -0.116. The Balaban J connectivity index is 1.62. The Morgan fingerprint density at radius 1 is 1.00 bits per heavy atom.